The molecule has 3 unspecified atom stereocenters. The van der Waals surface area contributed by atoms with Crippen molar-refractivity contribution in [3.05, 3.63) is 0 Å². The van der Waals surface area contributed by atoms with E-state index in [0.29, 0.717) is 6.04 Å². The van der Waals surface area contributed by atoms with Crippen LogP contribution in [0.15, 0.2) is 0 Å². The number of hydrogen-bond acceptors (Lipinski definition) is 1. The Hall–Kier alpha value is -0.0800. The van der Waals surface area contributed by atoms with E-state index in [-0.39, 0.29) is 0 Å². The lowest BCUT2D eigenvalue weighted by Crippen LogP contribution is -2.67. The number of rotatable bonds is 6. The predicted molar refractivity (Wildman–Crippen MR) is 82.9 cm³/mol. The number of unbranched alkanes of at least 4 members (excludes halogenated alkanes) is 1. The molecule has 0 spiro atoms. The molecule has 2 nitrogen and oxygen atoms in total. The van der Waals surface area contributed by atoms with E-state index in [0.717, 1.165) is 17.9 Å². The predicted octanol–water partition coefficient (Wildman–Crippen LogP) is 3.55. The summed E-state index contributed by atoms with van der Waals surface area (Å²) in [5.74, 6) is 1.86. The van der Waals surface area contributed by atoms with Crippen molar-refractivity contribution in [1.82, 2.24) is 0 Å². The second-order valence-corrected chi connectivity index (χ2v) is 7.54. The summed E-state index contributed by atoms with van der Waals surface area (Å²) in [6, 6.07) is 1.39. The van der Waals surface area contributed by atoms with Gasteiger partial charge in [0.15, 0.2) is 0 Å². The first-order valence-electron chi connectivity index (χ1n) is 8.71. The Labute approximate surface area is 120 Å². The van der Waals surface area contributed by atoms with Crippen LogP contribution in [0.2, 0.25) is 0 Å². The maximum Gasteiger partial charge on any atom is 0.0942 e. The van der Waals surface area contributed by atoms with Crippen LogP contribution in [-0.4, -0.2) is 36.2 Å². The Kier molecular flexibility index (Phi) is 5.30. The van der Waals surface area contributed by atoms with Gasteiger partial charge in [-0.15, -0.1) is 0 Å². The number of piperidine rings is 1. The minimum atomic E-state index is 0.457. The zero-order valence-electron chi connectivity index (χ0n) is 13.4. The van der Waals surface area contributed by atoms with E-state index in [4.69, 9.17) is 5.73 Å². The van der Waals surface area contributed by atoms with E-state index in [1.165, 1.54) is 69.1 Å². The lowest BCUT2D eigenvalue weighted by Gasteiger charge is -2.55. The fraction of sp³-hybridized carbons (Fsp3) is 1.00. The monoisotopic (exact) mass is 267 g/mol. The van der Waals surface area contributed by atoms with E-state index < -0.39 is 0 Å². The van der Waals surface area contributed by atoms with Gasteiger partial charge in [0.2, 0.25) is 0 Å². The third-order valence-corrected chi connectivity index (χ3v) is 5.61. The molecule has 1 heterocycles. The summed E-state index contributed by atoms with van der Waals surface area (Å²) in [4.78, 5) is 0. The molecule has 19 heavy (non-hydrogen) atoms. The fourth-order valence-electron chi connectivity index (χ4n) is 4.75. The molecule has 2 rings (SSSR count). The molecular weight excluding hydrogens is 232 g/mol. The van der Waals surface area contributed by atoms with Crippen LogP contribution in [-0.2, 0) is 0 Å². The third kappa shape index (κ3) is 3.52. The van der Waals surface area contributed by atoms with Gasteiger partial charge in [-0.3, -0.25) is 0 Å². The number of hydrogen-bond donors (Lipinski definition) is 1. The van der Waals surface area contributed by atoms with Crippen LogP contribution >= 0.6 is 0 Å². The number of quaternary nitrogens is 1. The van der Waals surface area contributed by atoms with Crippen LogP contribution in [0, 0.1) is 11.8 Å². The summed E-state index contributed by atoms with van der Waals surface area (Å²) in [7, 11) is 0. The van der Waals surface area contributed by atoms with Crippen molar-refractivity contribution in [3.63, 3.8) is 0 Å². The number of nitrogens with zero attached hydrogens (tertiary/aromatic N) is 1. The summed E-state index contributed by atoms with van der Waals surface area (Å²) in [5.41, 5.74) is 6.44. The highest BCUT2D eigenvalue weighted by Gasteiger charge is 2.47. The molecule has 0 aromatic rings. The van der Waals surface area contributed by atoms with Crippen molar-refractivity contribution in [2.45, 2.75) is 77.8 Å². The molecule has 2 aliphatic rings. The van der Waals surface area contributed by atoms with E-state index in [1.807, 2.05) is 0 Å². The Morgan fingerprint density at radius 2 is 1.79 bits per heavy atom. The van der Waals surface area contributed by atoms with Crippen molar-refractivity contribution < 1.29 is 4.48 Å². The molecule has 0 radical (unpaired) electrons. The smallest absolute Gasteiger partial charge is 0.0942 e. The zero-order chi connectivity index (χ0) is 13.9. The molecule has 1 saturated heterocycles. The van der Waals surface area contributed by atoms with Gasteiger partial charge in [0.05, 0.1) is 31.7 Å². The molecule has 2 fully saturated rings. The van der Waals surface area contributed by atoms with Crippen LogP contribution in [0.4, 0.5) is 0 Å². The van der Waals surface area contributed by atoms with Gasteiger partial charge in [-0.05, 0) is 25.2 Å². The summed E-state index contributed by atoms with van der Waals surface area (Å²) >= 11 is 0. The standard InChI is InChI=1S/C17H35N2/c1-4-6-7-15-11-16(18)13-19(12-15,8-5-2)17-9-14(3)10-17/h14-17H,4-13,18H2,1-3H3/q+1. The van der Waals surface area contributed by atoms with Gasteiger partial charge in [-0.1, -0.05) is 33.6 Å². The molecule has 112 valence electrons. The molecule has 2 N–H and O–H groups in total. The molecule has 1 saturated carbocycles. The van der Waals surface area contributed by atoms with E-state index >= 15 is 0 Å². The van der Waals surface area contributed by atoms with Crippen LogP contribution < -0.4 is 5.73 Å². The highest BCUT2D eigenvalue weighted by Crippen LogP contribution is 2.40. The molecular formula is C17H35N2+. The minimum absolute atomic E-state index is 0.457. The van der Waals surface area contributed by atoms with Gasteiger partial charge in [0, 0.05) is 18.8 Å². The first kappa shape index (κ1) is 15.3. The van der Waals surface area contributed by atoms with Crippen molar-refractivity contribution in [2.24, 2.45) is 17.6 Å². The fourth-order valence-corrected chi connectivity index (χ4v) is 4.75. The number of nitrogens with two attached hydrogens (primary N) is 1. The average Bonchev–Trinajstić information content (AvgIpc) is 2.32. The molecule has 1 aliphatic heterocycles. The molecule has 0 amide bonds. The van der Waals surface area contributed by atoms with Gasteiger partial charge >= 0.3 is 0 Å². The molecule has 3 atom stereocenters. The summed E-state index contributed by atoms with van der Waals surface area (Å²) in [5, 5.41) is 0. The highest BCUT2D eigenvalue weighted by molar-refractivity contribution is 4.83. The lowest BCUT2D eigenvalue weighted by molar-refractivity contribution is -0.965. The van der Waals surface area contributed by atoms with Crippen LogP contribution in [0.5, 0.6) is 0 Å². The van der Waals surface area contributed by atoms with Crippen molar-refractivity contribution >= 4 is 0 Å². The van der Waals surface area contributed by atoms with Gasteiger partial charge < -0.3 is 10.2 Å². The Morgan fingerprint density at radius 3 is 2.37 bits per heavy atom. The zero-order valence-corrected chi connectivity index (χ0v) is 13.4. The van der Waals surface area contributed by atoms with Gasteiger partial charge in [-0.25, -0.2) is 0 Å². The molecule has 0 aromatic heterocycles. The molecule has 0 bridgehead atoms. The summed E-state index contributed by atoms with van der Waals surface area (Å²) < 4.78 is 1.37. The first-order valence-corrected chi connectivity index (χ1v) is 8.71. The van der Waals surface area contributed by atoms with E-state index in [9.17, 15) is 0 Å². The maximum atomic E-state index is 6.44. The Bertz CT molecular complexity index is 272. The largest absolute Gasteiger partial charge is 0.323 e. The normalized spacial score (nSPS) is 42.9. The highest BCUT2D eigenvalue weighted by atomic mass is 15.4. The van der Waals surface area contributed by atoms with Crippen molar-refractivity contribution in [3.8, 4) is 0 Å². The van der Waals surface area contributed by atoms with Crippen molar-refractivity contribution in [2.75, 3.05) is 19.6 Å². The topological polar surface area (TPSA) is 26.0 Å². The van der Waals surface area contributed by atoms with Gasteiger partial charge in [-0.2, -0.15) is 0 Å². The summed E-state index contributed by atoms with van der Waals surface area (Å²) in [6.07, 6.45) is 9.64. The quantitative estimate of drug-likeness (QED) is 0.732. The van der Waals surface area contributed by atoms with Gasteiger partial charge in [0.1, 0.15) is 0 Å². The summed E-state index contributed by atoms with van der Waals surface area (Å²) in [6.45, 7) is 11.1. The van der Waals surface area contributed by atoms with E-state index in [2.05, 4.69) is 20.8 Å². The maximum absolute atomic E-state index is 6.44. The minimum Gasteiger partial charge on any atom is -0.323 e. The molecule has 0 aromatic carbocycles. The molecule has 1 aliphatic carbocycles. The second-order valence-electron chi connectivity index (χ2n) is 7.54. The Balaban J connectivity index is 2.03. The first-order chi connectivity index (χ1) is 9.09. The van der Waals surface area contributed by atoms with E-state index in [1.54, 1.807) is 0 Å². The molecule has 2 heteroatoms. The van der Waals surface area contributed by atoms with Crippen LogP contribution in [0.3, 0.4) is 0 Å². The third-order valence-electron chi connectivity index (χ3n) is 5.61. The Morgan fingerprint density at radius 1 is 1.05 bits per heavy atom. The average molecular weight is 267 g/mol. The lowest BCUT2D eigenvalue weighted by atomic mass is 9.76. The van der Waals surface area contributed by atoms with Crippen LogP contribution in [0.25, 0.3) is 0 Å². The SMILES string of the molecule is CCCCC1CC(N)C[N+](CCC)(C2CC(C)C2)C1. The van der Waals surface area contributed by atoms with Crippen molar-refractivity contribution in [1.29, 1.82) is 0 Å². The number of likely N-dealkylation sites (tertiary alicyclic amines) is 1. The van der Waals surface area contributed by atoms with Crippen LogP contribution in [0.1, 0.15) is 65.7 Å². The second kappa shape index (κ2) is 6.58. The van der Waals surface area contributed by atoms with Gasteiger partial charge in [0.25, 0.3) is 0 Å².